The lowest BCUT2D eigenvalue weighted by Crippen LogP contribution is -2.36. The van der Waals surface area contributed by atoms with Crippen LogP contribution in [0.4, 0.5) is 15.8 Å². The molecule has 0 aliphatic rings. The van der Waals surface area contributed by atoms with E-state index in [0.717, 1.165) is 26.4 Å². The van der Waals surface area contributed by atoms with Gasteiger partial charge in [-0.15, -0.1) is 0 Å². The summed E-state index contributed by atoms with van der Waals surface area (Å²) in [5.74, 6) is -3.91. The fourth-order valence-electron chi connectivity index (χ4n) is 4.83. The van der Waals surface area contributed by atoms with Gasteiger partial charge in [-0.25, -0.2) is 9.37 Å². The number of nitrogens with zero attached hydrogens (tertiary/aromatic N) is 3. The molecule has 4 rings (SSSR count). The lowest BCUT2D eigenvalue weighted by atomic mass is 10.1. The largest absolute Gasteiger partial charge is 0.507 e. The number of H-pyrrole nitrogens is 1. The normalized spacial score (nSPS) is 10.6. The van der Waals surface area contributed by atoms with Gasteiger partial charge in [0.2, 0.25) is 0 Å². The predicted molar refractivity (Wildman–Crippen MR) is 179 cm³/mol. The number of benzene rings is 3. The number of phenols is 1. The quantitative estimate of drug-likeness (QED) is 0.0975. The van der Waals surface area contributed by atoms with Crippen LogP contribution in [0.25, 0.3) is 22.3 Å². The highest BCUT2D eigenvalue weighted by atomic mass is 19.1. The van der Waals surface area contributed by atoms with Crippen LogP contribution in [-0.4, -0.2) is 107 Å². The van der Waals surface area contributed by atoms with Crippen molar-refractivity contribution in [2.45, 2.75) is 0 Å². The van der Waals surface area contributed by atoms with Gasteiger partial charge in [0.15, 0.2) is 0 Å². The number of hydrogen-bond donors (Lipinski definition) is 2. The predicted octanol–water partition coefficient (Wildman–Crippen LogP) is 2.20. The molecule has 0 aliphatic heterocycles. The molecule has 4 aromatic rings. The summed E-state index contributed by atoms with van der Waals surface area (Å²) >= 11 is 0. The summed E-state index contributed by atoms with van der Waals surface area (Å²) in [4.78, 5) is 71.3. The smallest absolute Gasteiger partial charge is 0.325 e. The van der Waals surface area contributed by atoms with Gasteiger partial charge < -0.3 is 48.3 Å². The molecule has 270 valence electrons. The topological polar surface area (TPSA) is 196 Å². The van der Waals surface area contributed by atoms with Crippen molar-refractivity contribution in [1.29, 1.82) is 0 Å². The maximum absolute atomic E-state index is 14.4. The third-order valence-corrected chi connectivity index (χ3v) is 7.34. The molecular formula is C34H35FN4O12. The molecule has 16 nitrogen and oxygen atoms in total. The number of aromatic amines is 1. The molecule has 0 radical (unpaired) electrons. The van der Waals surface area contributed by atoms with Crippen molar-refractivity contribution in [3.8, 4) is 28.6 Å². The van der Waals surface area contributed by atoms with E-state index in [4.69, 9.17) is 28.4 Å². The van der Waals surface area contributed by atoms with Gasteiger partial charge in [0.1, 0.15) is 68.3 Å². The zero-order valence-electron chi connectivity index (χ0n) is 28.1. The van der Waals surface area contributed by atoms with E-state index in [-0.39, 0.29) is 66.3 Å². The van der Waals surface area contributed by atoms with Crippen LogP contribution in [-0.2, 0) is 38.1 Å². The Morgan fingerprint density at radius 1 is 0.725 bits per heavy atom. The Kier molecular flexibility index (Phi) is 12.7. The molecule has 2 N–H and O–H groups in total. The van der Waals surface area contributed by atoms with Crippen molar-refractivity contribution in [3.05, 3.63) is 70.8 Å². The van der Waals surface area contributed by atoms with Gasteiger partial charge in [-0.2, -0.15) is 0 Å². The van der Waals surface area contributed by atoms with Crippen molar-refractivity contribution < 1.29 is 57.1 Å². The van der Waals surface area contributed by atoms with E-state index >= 15 is 0 Å². The number of aromatic hydroxyl groups is 1. The number of carbonyl (C=O) groups excluding carboxylic acids is 4. The van der Waals surface area contributed by atoms with Gasteiger partial charge in [-0.3, -0.25) is 24.0 Å². The maximum atomic E-state index is 14.4. The first kappa shape index (κ1) is 37.4. The molecule has 0 saturated heterocycles. The minimum atomic E-state index is -0.723. The van der Waals surface area contributed by atoms with Crippen LogP contribution in [0.2, 0.25) is 0 Å². The van der Waals surface area contributed by atoms with Crippen LogP contribution in [0.1, 0.15) is 0 Å². The second kappa shape index (κ2) is 17.3. The number of esters is 4. The zero-order chi connectivity index (χ0) is 37.1. The zero-order valence-corrected chi connectivity index (χ0v) is 28.1. The van der Waals surface area contributed by atoms with Crippen molar-refractivity contribution in [2.24, 2.45) is 0 Å². The number of fused-ring (bicyclic) bond motifs is 1. The number of phenolic OH excluding ortho intramolecular Hbond substituents is 1. The number of nitrogens with one attached hydrogen (secondary N) is 1. The van der Waals surface area contributed by atoms with E-state index in [1.165, 1.54) is 42.2 Å². The highest BCUT2D eigenvalue weighted by molar-refractivity contribution is 5.86. The van der Waals surface area contributed by atoms with Crippen LogP contribution in [0.3, 0.4) is 0 Å². The first-order valence-corrected chi connectivity index (χ1v) is 15.2. The fourth-order valence-corrected chi connectivity index (χ4v) is 4.83. The Bertz CT molecular complexity index is 1930. The molecule has 0 atom stereocenters. The van der Waals surface area contributed by atoms with Gasteiger partial charge in [0.05, 0.1) is 56.3 Å². The van der Waals surface area contributed by atoms with Crippen LogP contribution >= 0.6 is 0 Å². The molecule has 0 bridgehead atoms. The molecule has 0 fully saturated rings. The van der Waals surface area contributed by atoms with Crippen molar-refractivity contribution >= 4 is 46.2 Å². The number of carbonyl (C=O) groups is 4. The van der Waals surface area contributed by atoms with Gasteiger partial charge in [0.25, 0.3) is 5.56 Å². The maximum Gasteiger partial charge on any atom is 0.325 e. The van der Waals surface area contributed by atoms with E-state index in [0.29, 0.717) is 10.9 Å². The summed E-state index contributed by atoms with van der Waals surface area (Å²) in [7, 11) is 4.67. The number of hydrogen-bond acceptors (Lipinski definition) is 15. The molecule has 0 unspecified atom stereocenters. The van der Waals surface area contributed by atoms with E-state index in [1.54, 1.807) is 24.3 Å². The van der Waals surface area contributed by atoms with E-state index in [2.05, 4.69) is 9.97 Å². The van der Waals surface area contributed by atoms with Gasteiger partial charge in [-0.1, -0.05) is 12.1 Å². The standard InChI is InChI=1S/C34H35FN4O12/c1-46-29(41)16-38(17-30(42)47-2)24-10-9-20(35)13-27(24)50-11-12-51-28-14-22(33-36-23-8-6-5-7-21(23)34(45)37-33)26(40)15-25(28)39(18-31(43)48-3)19-32(44)49-4/h5-10,13-15,40H,11-12,16-19H2,1-4H3,(H,36,37,45). The molecule has 1 aromatic heterocycles. The van der Waals surface area contributed by atoms with Gasteiger partial charge >= 0.3 is 23.9 Å². The molecule has 51 heavy (non-hydrogen) atoms. The SMILES string of the molecule is COC(=O)CN(CC(=O)OC)c1ccc(F)cc1OCCOc1cc(-c2nc3ccccc3c(=O)[nH]2)c(O)cc1N(CC(=O)OC)CC(=O)OC. The summed E-state index contributed by atoms with van der Waals surface area (Å²) in [6, 6.07) is 12.6. The van der Waals surface area contributed by atoms with E-state index < -0.39 is 48.3 Å². The Hall–Kier alpha value is -6.39. The van der Waals surface area contributed by atoms with Crippen molar-refractivity contribution in [2.75, 3.05) is 77.6 Å². The Morgan fingerprint density at radius 3 is 1.78 bits per heavy atom. The number of ether oxygens (including phenoxy) is 6. The molecule has 0 aliphatic carbocycles. The number of aromatic nitrogens is 2. The summed E-state index contributed by atoms with van der Waals surface area (Å²) in [5.41, 5.74) is 0.167. The fraction of sp³-hybridized carbons (Fsp3) is 0.294. The second-order valence-electron chi connectivity index (χ2n) is 10.6. The van der Waals surface area contributed by atoms with Crippen LogP contribution in [0, 0.1) is 5.82 Å². The molecule has 1 heterocycles. The Morgan fingerprint density at radius 2 is 1.24 bits per heavy atom. The van der Waals surface area contributed by atoms with Crippen LogP contribution in [0.5, 0.6) is 17.2 Å². The lowest BCUT2D eigenvalue weighted by Gasteiger charge is -2.26. The highest BCUT2D eigenvalue weighted by Crippen LogP contribution is 2.39. The number of methoxy groups -OCH3 is 4. The average Bonchev–Trinajstić information content (AvgIpc) is 3.12. The second-order valence-corrected chi connectivity index (χ2v) is 10.6. The Balaban J connectivity index is 1.70. The number of rotatable bonds is 16. The van der Waals surface area contributed by atoms with Gasteiger partial charge in [0, 0.05) is 12.1 Å². The summed E-state index contributed by atoms with van der Waals surface area (Å²) in [5, 5.41) is 11.5. The van der Waals surface area contributed by atoms with Crippen LogP contribution < -0.4 is 24.8 Å². The molecule has 0 saturated carbocycles. The molecular weight excluding hydrogens is 675 g/mol. The summed E-state index contributed by atoms with van der Waals surface area (Å²) in [6.45, 7) is -2.16. The highest BCUT2D eigenvalue weighted by Gasteiger charge is 2.24. The monoisotopic (exact) mass is 710 g/mol. The lowest BCUT2D eigenvalue weighted by molar-refractivity contribution is -0.141. The van der Waals surface area contributed by atoms with Crippen molar-refractivity contribution in [1.82, 2.24) is 9.97 Å². The summed E-state index contributed by atoms with van der Waals surface area (Å²) in [6.07, 6.45) is 0. The minimum Gasteiger partial charge on any atom is -0.507 e. The summed E-state index contributed by atoms with van der Waals surface area (Å²) < 4.78 is 45.3. The number of para-hydroxylation sites is 1. The minimum absolute atomic E-state index is 0.00274. The molecule has 0 spiro atoms. The first-order valence-electron chi connectivity index (χ1n) is 15.2. The Labute approximate surface area is 290 Å². The van der Waals surface area contributed by atoms with E-state index in [9.17, 15) is 33.5 Å². The van der Waals surface area contributed by atoms with Crippen molar-refractivity contribution in [3.63, 3.8) is 0 Å². The van der Waals surface area contributed by atoms with E-state index in [1.807, 2.05) is 0 Å². The third-order valence-electron chi connectivity index (χ3n) is 7.34. The molecule has 17 heteroatoms. The van der Waals surface area contributed by atoms with Gasteiger partial charge in [-0.05, 0) is 30.3 Å². The first-order chi connectivity index (χ1) is 24.5. The number of anilines is 2. The third kappa shape index (κ3) is 9.62. The molecule has 0 amide bonds. The molecule has 3 aromatic carbocycles. The van der Waals surface area contributed by atoms with Crippen LogP contribution in [0.15, 0.2) is 59.4 Å². The average molecular weight is 711 g/mol. The number of halogens is 1.